The van der Waals surface area contributed by atoms with E-state index in [9.17, 15) is 14.9 Å². The zero-order valence-corrected chi connectivity index (χ0v) is 10.9. The van der Waals surface area contributed by atoms with Crippen molar-refractivity contribution in [2.45, 2.75) is 13.0 Å². The Kier molecular flexibility index (Phi) is 4.04. The first-order valence-corrected chi connectivity index (χ1v) is 5.82. The van der Waals surface area contributed by atoms with Crippen LogP contribution in [0, 0.1) is 10.1 Å². The minimum atomic E-state index is -0.677. The van der Waals surface area contributed by atoms with Gasteiger partial charge in [0.25, 0.3) is 5.91 Å². The second-order valence-electron chi connectivity index (χ2n) is 4.07. The van der Waals surface area contributed by atoms with Gasteiger partial charge in [0.1, 0.15) is 11.3 Å². The number of aromatic amines is 1. The number of anilines is 1. The first kappa shape index (κ1) is 14.3. The number of tetrazole rings is 1. The first-order chi connectivity index (χ1) is 10.0. The van der Waals surface area contributed by atoms with E-state index < -0.39 is 22.6 Å². The van der Waals surface area contributed by atoms with Crippen LogP contribution in [-0.2, 0) is 0 Å². The summed E-state index contributed by atoms with van der Waals surface area (Å²) in [6.07, 6.45) is 0. The molecule has 0 bridgehead atoms. The van der Waals surface area contributed by atoms with E-state index in [2.05, 4.69) is 31.4 Å². The molecule has 1 amide bonds. The van der Waals surface area contributed by atoms with Crippen LogP contribution in [-0.4, -0.2) is 31.5 Å². The van der Waals surface area contributed by atoms with E-state index in [1.807, 2.05) is 0 Å². The molecule has 11 nitrogen and oxygen atoms in total. The Bertz CT molecular complexity index is 656. The van der Waals surface area contributed by atoms with E-state index in [-0.39, 0.29) is 17.1 Å². The fourth-order valence-electron chi connectivity index (χ4n) is 1.73. The summed E-state index contributed by atoms with van der Waals surface area (Å²) >= 11 is 0. The normalized spacial score (nSPS) is 11.7. The number of nitro groups is 1. The fraction of sp³-hybridized carbons (Fsp3) is 0.200. The Morgan fingerprint density at radius 1 is 1.52 bits per heavy atom. The number of nitrogens with zero attached hydrogens (tertiary/aromatic N) is 4. The van der Waals surface area contributed by atoms with Gasteiger partial charge in [0.05, 0.1) is 11.0 Å². The number of carbonyl (C=O) groups excluding carboxylic acids is 1. The van der Waals surface area contributed by atoms with Crippen LogP contribution in [0.25, 0.3) is 0 Å². The number of hydrogen-bond acceptors (Lipinski definition) is 8. The summed E-state index contributed by atoms with van der Waals surface area (Å²) < 4.78 is 0. The van der Waals surface area contributed by atoms with Crippen LogP contribution in [0.4, 0.5) is 11.4 Å². The third kappa shape index (κ3) is 2.92. The molecule has 0 saturated carbocycles. The number of nitrogens with one attached hydrogen (secondary N) is 3. The average Bonchev–Trinajstić information content (AvgIpc) is 3.00. The lowest BCUT2D eigenvalue weighted by molar-refractivity contribution is -0.384. The van der Waals surface area contributed by atoms with Crippen molar-refractivity contribution in [1.29, 1.82) is 0 Å². The Morgan fingerprint density at radius 3 is 2.86 bits per heavy atom. The van der Waals surface area contributed by atoms with Crippen molar-refractivity contribution < 1.29 is 9.72 Å². The molecule has 1 aromatic carbocycles. The summed E-state index contributed by atoms with van der Waals surface area (Å²) in [4.78, 5) is 22.6. The molecule has 1 atom stereocenters. The molecular weight excluding hydrogens is 280 g/mol. The first-order valence-electron chi connectivity index (χ1n) is 5.82. The molecule has 0 aliphatic heterocycles. The zero-order chi connectivity index (χ0) is 15.4. The van der Waals surface area contributed by atoms with Gasteiger partial charge in [-0.3, -0.25) is 20.8 Å². The average molecular weight is 292 g/mol. The third-order valence-electron chi connectivity index (χ3n) is 2.72. The summed E-state index contributed by atoms with van der Waals surface area (Å²) in [6.45, 7) is 1.62. The molecule has 11 heteroatoms. The largest absolute Gasteiger partial charge is 0.342 e. The van der Waals surface area contributed by atoms with Crippen LogP contribution in [0.1, 0.15) is 29.1 Å². The molecule has 110 valence electrons. The number of nitrogen functional groups attached to an aromatic ring is 1. The van der Waals surface area contributed by atoms with Crippen molar-refractivity contribution >= 4 is 17.3 Å². The van der Waals surface area contributed by atoms with E-state index in [0.717, 1.165) is 0 Å². The van der Waals surface area contributed by atoms with Gasteiger partial charge in [-0.2, -0.15) is 5.21 Å². The number of rotatable bonds is 5. The molecule has 5 N–H and O–H groups in total. The predicted octanol–water partition coefficient (Wildman–Crippen LogP) is -0.116. The van der Waals surface area contributed by atoms with Crippen LogP contribution in [0.2, 0.25) is 0 Å². The molecule has 21 heavy (non-hydrogen) atoms. The van der Waals surface area contributed by atoms with Gasteiger partial charge < -0.3 is 10.7 Å². The van der Waals surface area contributed by atoms with Crippen LogP contribution in [0.3, 0.4) is 0 Å². The van der Waals surface area contributed by atoms with E-state index in [4.69, 9.17) is 5.84 Å². The number of amides is 1. The molecule has 0 spiro atoms. The Balaban J connectivity index is 2.29. The van der Waals surface area contributed by atoms with Gasteiger partial charge in [-0.05, 0) is 19.1 Å². The van der Waals surface area contributed by atoms with Gasteiger partial charge in [-0.25, -0.2) is 0 Å². The molecule has 0 radical (unpaired) electrons. The summed E-state index contributed by atoms with van der Waals surface area (Å²) in [5.74, 6) is 4.84. The van der Waals surface area contributed by atoms with Crippen molar-refractivity contribution in [2.24, 2.45) is 5.84 Å². The molecule has 2 aromatic rings. The molecular formula is C10H12N8O3. The highest BCUT2D eigenvalue weighted by atomic mass is 16.6. The van der Waals surface area contributed by atoms with E-state index in [1.165, 1.54) is 18.2 Å². The van der Waals surface area contributed by atoms with Gasteiger partial charge in [0.15, 0.2) is 5.82 Å². The van der Waals surface area contributed by atoms with Crippen molar-refractivity contribution in [1.82, 2.24) is 25.9 Å². The fourth-order valence-corrected chi connectivity index (χ4v) is 1.73. The SMILES string of the molecule is CC(NC(=O)c1cccc(NN)c1[N+](=O)[O-])c1nn[nH]n1. The van der Waals surface area contributed by atoms with Crippen LogP contribution in [0.5, 0.6) is 0 Å². The molecule has 0 aliphatic carbocycles. The van der Waals surface area contributed by atoms with Crippen LogP contribution in [0.15, 0.2) is 18.2 Å². The van der Waals surface area contributed by atoms with Gasteiger partial charge in [0.2, 0.25) is 0 Å². The van der Waals surface area contributed by atoms with Crippen molar-refractivity contribution in [3.8, 4) is 0 Å². The number of nitro benzene ring substituents is 1. The summed E-state index contributed by atoms with van der Waals surface area (Å²) in [5.41, 5.74) is 1.71. The number of hydrogen-bond donors (Lipinski definition) is 4. The molecule has 1 heterocycles. The predicted molar refractivity (Wildman–Crippen MR) is 71.0 cm³/mol. The third-order valence-corrected chi connectivity index (χ3v) is 2.72. The van der Waals surface area contributed by atoms with Gasteiger partial charge >= 0.3 is 5.69 Å². The minimum Gasteiger partial charge on any atom is -0.342 e. The maximum absolute atomic E-state index is 12.2. The lowest BCUT2D eigenvalue weighted by atomic mass is 10.1. The number of para-hydroxylation sites is 1. The Labute approximate surface area is 118 Å². The van der Waals surface area contributed by atoms with E-state index in [1.54, 1.807) is 6.92 Å². The maximum Gasteiger partial charge on any atom is 0.306 e. The highest BCUT2D eigenvalue weighted by molar-refractivity contribution is 6.00. The highest BCUT2D eigenvalue weighted by Crippen LogP contribution is 2.28. The number of aromatic nitrogens is 4. The second kappa shape index (κ2) is 5.92. The highest BCUT2D eigenvalue weighted by Gasteiger charge is 2.25. The number of benzene rings is 1. The summed E-state index contributed by atoms with van der Waals surface area (Å²) in [6, 6.07) is 3.65. The zero-order valence-electron chi connectivity index (χ0n) is 10.9. The number of H-pyrrole nitrogens is 1. The number of carbonyl (C=O) groups is 1. The van der Waals surface area contributed by atoms with Crippen molar-refractivity contribution in [3.05, 3.63) is 39.7 Å². The van der Waals surface area contributed by atoms with Gasteiger partial charge in [-0.15, -0.1) is 10.2 Å². The smallest absolute Gasteiger partial charge is 0.306 e. The van der Waals surface area contributed by atoms with Crippen LogP contribution < -0.4 is 16.6 Å². The topological polar surface area (TPSA) is 165 Å². The summed E-state index contributed by atoms with van der Waals surface area (Å²) in [7, 11) is 0. The second-order valence-corrected chi connectivity index (χ2v) is 4.07. The molecule has 1 aromatic heterocycles. The van der Waals surface area contributed by atoms with E-state index in [0.29, 0.717) is 0 Å². The van der Waals surface area contributed by atoms with Crippen LogP contribution >= 0.6 is 0 Å². The van der Waals surface area contributed by atoms with Crippen molar-refractivity contribution in [3.63, 3.8) is 0 Å². The summed E-state index contributed by atoms with van der Waals surface area (Å²) in [5, 5.41) is 26.7. The molecule has 1 unspecified atom stereocenters. The van der Waals surface area contributed by atoms with Crippen molar-refractivity contribution in [2.75, 3.05) is 5.43 Å². The lowest BCUT2D eigenvalue weighted by Crippen LogP contribution is -2.28. The molecule has 0 saturated heterocycles. The minimum absolute atomic E-state index is 0.0415. The molecule has 2 rings (SSSR count). The number of nitrogens with two attached hydrogens (primary N) is 1. The Morgan fingerprint density at radius 2 is 2.29 bits per heavy atom. The number of hydrazine groups is 1. The maximum atomic E-state index is 12.2. The molecule has 0 fully saturated rings. The standard InChI is InChI=1S/C10H12N8O3/c1-5(9-14-16-17-15-9)12-10(19)6-3-2-4-7(13-11)8(6)18(20)21/h2-5,13H,11H2,1H3,(H,12,19)(H,14,15,16,17). The quantitative estimate of drug-likeness (QED) is 0.336. The van der Waals surface area contributed by atoms with Gasteiger partial charge in [-0.1, -0.05) is 11.3 Å². The van der Waals surface area contributed by atoms with Gasteiger partial charge in [0, 0.05) is 0 Å². The molecule has 0 aliphatic rings. The lowest BCUT2D eigenvalue weighted by Gasteiger charge is -2.11. The monoisotopic (exact) mass is 292 g/mol. The Hall–Kier alpha value is -3.08. The van der Waals surface area contributed by atoms with E-state index >= 15 is 0 Å².